The molecule has 0 fully saturated rings. The fourth-order valence-electron chi connectivity index (χ4n) is 1.81. The molecule has 0 aliphatic rings. The molecule has 0 spiro atoms. The van der Waals surface area contributed by atoms with E-state index in [2.05, 4.69) is 0 Å². The molecule has 0 aliphatic carbocycles. The summed E-state index contributed by atoms with van der Waals surface area (Å²) in [6.45, 7) is 0. The van der Waals surface area contributed by atoms with Crippen molar-refractivity contribution < 1.29 is 165 Å². The van der Waals surface area contributed by atoms with Crippen LogP contribution < -0.4 is 0 Å². The summed E-state index contributed by atoms with van der Waals surface area (Å²) in [6, 6.07) is 0. The highest BCUT2D eigenvalue weighted by Crippen LogP contribution is 2.54. The highest BCUT2D eigenvalue weighted by atomic mass is 19.4. The standard InChI is InChI=1S/C14F30O7/c15-1(16,3(19,20)46-5(23,24)7(27,28)48-9(31,32)11(35,36)50-13(39,40)41)45-2(17,18)4(21,22)47-6(25,26)8(29,30)49-10(33,34)12(37,38)51-14(42,43)44. The summed E-state index contributed by atoms with van der Waals surface area (Å²) >= 11 is 0. The summed E-state index contributed by atoms with van der Waals surface area (Å²) in [4.78, 5) is 0. The van der Waals surface area contributed by atoms with E-state index in [1.807, 2.05) is 0 Å². The fraction of sp³-hybridized carbons (Fsp3) is 1.00. The first-order valence-electron chi connectivity index (χ1n) is 10.0. The van der Waals surface area contributed by atoms with Crippen LogP contribution >= 0.6 is 0 Å². The summed E-state index contributed by atoms with van der Waals surface area (Å²) in [5.41, 5.74) is 0. The third-order valence-electron chi connectivity index (χ3n) is 3.80. The van der Waals surface area contributed by atoms with Crippen molar-refractivity contribution in [1.82, 2.24) is 0 Å². The predicted molar refractivity (Wildman–Crippen MR) is 79.1 cm³/mol. The number of halogens is 30. The summed E-state index contributed by atoms with van der Waals surface area (Å²) in [5.74, 6) is 0. The summed E-state index contributed by atoms with van der Waals surface area (Å²) < 4.78 is 393. The third-order valence-corrected chi connectivity index (χ3v) is 3.80. The average Bonchev–Trinajstić information content (AvgIpc) is 2.71. The van der Waals surface area contributed by atoms with E-state index in [-0.39, 0.29) is 0 Å². The molecular weight excluding hydrogens is 850 g/mol. The van der Waals surface area contributed by atoms with Gasteiger partial charge in [0.05, 0.1) is 0 Å². The Balaban J connectivity index is 6.32. The number of alkyl halides is 30. The average molecular weight is 850 g/mol. The van der Waals surface area contributed by atoms with Crippen LogP contribution in [0.25, 0.3) is 0 Å². The molecule has 0 saturated carbocycles. The van der Waals surface area contributed by atoms with Crippen LogP contribution in [0.5, 0.6) is 0 Å². The normalized spacial score (nSPS) is 16.6. The smallest absolute Gasteiger partial charge is 0.241 e. The molecule has 0 unspecified atom stereocenters. The Kier molecular flexibility index (Phi) is 12.6. The number of ether oxygens (including phenoxy) is 7. The van der Waals surface area contributed by atoms with Gasteiger partial charge in [0.2, 0.25) is 0 Å². The molecule has 0 atom stereocenters. The molecule has 0 saturated heterocycles. The Hall–Kier alpha value is -2.38. The molecule has 0 aliphatic heterocycles. The molecule has 0 amide bonds. The van der Waals surface area contributed by atoms with Crippen LogP contribution in [0, 0.1) is 0 Å². The second kappa shape index (κ2) is 13.2. The first kappa shape index (κ1) is 48.6. The molecule has 37 heteroatoms. The summed E-state index contributed by atoms with van der Waals surface area (Å²) in [6.07, 6.45) is -111. The molecule has 0 N–H and O–H groups in total. The van der Waals surface area contributed by atoms with Crippen LogP contribution in [0.1, 0.15) is 0 Å². The van der Waals surface area contributed by atoms with Gasteiger partial charge < -0.3 is 0 Å². The minimum atomic E-state index is -8.37. The van der Waals surface area contributed by atoms with E-state index in [9.17, 15) is 132 Å². The summed E-state index contributed by atoms with van der Waals surface area (Å²) in [5, 5.41) is 0. The molecule has 0 rings (SSSR count). The summed E-state index contributed by atoms with van der Waals surface area (Å²) in [7, 11) is 0. The van der Waals surface area contributed by atoms with Gasteiger partial charge in [-0.3, -0.25) is 0 Å². The Labute approximate surface area is 252 Å². The molecule has 0 bridgehead atoms. The molecule has 0 heterocycles. The van der Waals surface area contributed by atoms with Crippen LogP contribution in [-0.4, -0.2) is 86.0 Å². The molecule has 7 nitrogen and oxygen atoms in total. The van der Waals surface area contributed by atoms with Crippen molar-refractivity contribution in [2.24, 2.45) is 0 Å². The zero-order chi connectivity index (χ0) is 41.9. The van der Waals surface area contributed by atoms with E-state index in [1.165, 1.54) is 9.47 Å². The third kappa shape index (κ3) is 11.3. The van der Waals surface area contributed by atoms with Crippen molar-refractivity contribution >= 4 is 0 Å². The maximum absolute atomic E-state index is 13.4. The second-order valence-corrected chi connectivity index (χ2v) is 7.81. The molecule has 51 heavy (non-hydrogen) atoms. The topological polar surface area (TPSA) is 64.6 Å². The minimum absolute atomic E-state index is 1.01. The van der Waals surface area contributed by atoms with Gasteiger partial charge in [-0.05, 0) is 0 Å². The minimum Gasteiger partial charge on any atom is -0.241 e. The number of hydrogen-bond acceptors (Lipinski definition) is 7. The molecule has 308 valence electrons. The van der Waals surface area contributed by atoms with Crippen LogP contribution in [-0.2, 0) is 33.2 Å². The second-order valence-electron chi connectivity index (χ2n) is 7.81. The zero-order valence-electron chi connectivity index (χ0n) is 21.2. The molecule has 0 aromatic rings. The fourth-order valence-corrected chi connectivity index (χ4v) is 1.81. The van der Waals surface area contributed by atoms with Gasteiger partial charge >= 0.3 is 86.0 Å². The Morgan fingerprint density at radius 2 is 0.216 bits per heavy atom. The van der Waals surface area contributed by atoms with Crippen LogP contribution in [0.4, 0.5) is 132 Å². The van der Waals surface area contributed by atoms with Gasteiger partial charge in [0.25, 0.3) is 0 Å². The highest BCUT2D eigenvalue weighted by Gasteiger charge is 2.81. The predicted octanol–water partition coefficient (Wildman–Crippen LogP) is 9.26. The maximum atomic E-state index is 13.4. The maximum Gasteiger partial charge on any atom is 0.527 e. The van der Waals surface area contributed by atoms with Crippen molar-refractivity contribution in [2.45, 2.75) is 86.0 Å². The lowest BCUT2D eigenvalue weighted by Crippen LogP contribution is -2.62. The lowest BCUT2D eigenvalue weighted by molar-refractivity contribution is -0.599. The van der Waals surface area contributed by atoms with Gasteiger partial charge in [-0.1, -0.05) is 0 Å². The zero-order valence-corrected chi connectivity index (χ0v) is 21.2. The van der Waals surface area contributed by atoms with Gasteiger partial charge in [-0.2, -0.15) is 105 Å². The van der Waals surface area contributed by atoms with Crippen molar-refractivity contribution in [2.75, 3.05) is 0 Å². The number of hydrogen-bond donors (Lipinski definition) is 0. The number of rotatable bonds is 18. The Bertz CT molecular complexity index is 1100. The first-order valence-corrected chi connectivity index (χ1v) is 10.0. The van der Waals surface area contributed by atoms with Crippen molar-refractivity contribution in [3.05, 3.63) is 0 Å². The lowest BCUT2D eigenvalue weighted by atomic mass is 10.4. The van der Waals surface area contributed by atoms with Gasteiger partial charge in [0, 0.05) is 0 Å². The lowest BCUT2D eigenvalue weighted by Gasteiger charge is -2.37. The molecule has 0 radical (unpaired) electrons. The van der Waals surface area contributed by atoms with Gasteiger partial charge in [0.1, 0.15) is 0 Å². The van der Waals surface area contributed by atoms with E-state index >= 15 is 0 Å². The van der Waals surface area contributed by atoms with Gasteiger partial charge in [-0.15, -0.1) is 26.3 Å². The van der Waals surface area contributed by atoms with Crippen molar-refractivity contribution in [3.8, 4) is 0 Å². The van der Waals surface area contributed by atoms with E-state index in [1.54, 1.807) is 0 Å². The molecule has 0 aromatic heterocycles. The monoisotopic (exact) mass is 850 g/mol. The van der Waals surface area contributed by atoms with Crippen LogP contribution in [0.2, 0.25) is 0 Å². The van der Waals surface area contributed by atoms with Gasteiger partial charge in [0.15, 0.2) is 0 Å². The SMILES string of the molecule is FC(F)(F)OC(F)(F)C(F)(F)OC(F)(F)C(F)(F)OC(F)(F)C(F)(F)OC(F)(F)C(F)(F)OC(F)(F)C(F)(F)OC(F)(F)C(F)(F)OC(F)(F)F. The highest BCUT2D eigenvalue weighted by molar-refractivity contribution is 4.82. The van der Waals surface area contributed by atoms with Crippen molar-refractivity contribution in [3.63, 3.8) is 0 Å². The van der Waals surface area contributed by atoms with Crippen molar-refractivity contribution in [1.29, 1.82) is 0 Å². The van der Waals surface area contributed by atoms with E-state index in [4.69, 9.17) is 0 Å². The Morgan fingerprint density at radius 3 is 0.294 bits per heavy atom. The molecule has 0 aromatic carbocycles. The van der Waals surface area contributed by atoms with Crippen LogP contribution in [0.3, 0.4) is 0 Å². The van der Waals surface area contributed by atoms with E-state index < -0.39 is 86.0 Å². The van der Waals surface area contributed by atoms with E-state index in [0.29, 0.717) is 0 Å². The van der Waals surface area contributed by atoms with E-state index in [0.717, 1.165) is 23.7 Å². The quantitative estimate of drug-likeness (QED) is 0.128. The van der Waals surface area contributed by atoms with Gasteiger partial charge in [-0.25, -0.2) is 33.2 Å². The van der Waals surface area contributed by atoms with Crippen LogP contribution in [0.15, 0.2) is 0 Å². The Morgan fingerprint density at radius 1 is 0.137 bits per heavy atom. The molecular formula is C14F30O7. The first-order chi connectivity index (χ1) is 21.4. The largest absolute Gasteiger partial charge is 0.527 e.